The highest BCUT2D eigenvalue weighted by Gasteiger charge is 2.21. The van der Waals surface area contributed by atoms with Gasteiger partial charge in [-0.15, -0.1) is 11.3 Å². The standard InChI is InChI=1S/C9H10N4OS2/c1-2-15-4-7(10-1)9-12-8(13-14-9)6-3-16-5-11-6/h3,5,7,10H,1-2,4H2. The molecule has 1 unspecified atom stereocenters. The lowest BCUT2D eigenvalue weighted by molar-refractivity contribution is 0.342. The van der Waals surface area contributed by atoms with Crippen molar-refractivity contribution in [3.63, 3.8) is 0 Å². The Balaban J connectivity index is 1.82. The van der Waals surface area contributed by atoms with E-state index < -0.39 is 0 Å². The van der Waals surface area contributed by atoms with E-state index in [1.807, 2.05) is 17.1 Å². The molecule has 1 fully saturated rings. The zero-order chi connectivity index (χ0) is 10.8. The molecule has 3 heterocycles. The maximum absolute atomic E-state index is 5.26. The molecule has 0 aromatic carbocycles. The van der Waals surface area contributed by atoms with Crippen LogP contribution < -0.4 is 5.32 Å². The maximum Gasteiger partial charge on any atom is 0.244 e. The third kappa shape index (κ3) is 1.98. The van der Waals surface area contributed by atoms with Gasteiger partial charge in [0.1, 0.15) is 5.69 Å². The molecule has 7 heteroatoms. The minimum absolute atomic E-state index is 0.179. The minimum Gasteiger partial charge on any atom is -0.337 e. The zero-order valence-electron chi connectivity index (χ0n) is 8.42. The molecule has 0 amide bonds. The fraction of sp³-hybridized carbons (Fsp3) is 0.444. The monoisotopic (exact) mass is 254 g/mol. The van der Waals surface area contributed by atoms with Gasteiger partial charge in [0.15, 0.2) is 0 Å². The molecule has 1 saturated heterocycles. The van der Waals surface area contributed by atoms with E-state index in [4.69, 9.17) is 4.52 Å². The summed E-state index contributed by atoms with van der Waals surface area (Å²) in [5.74, 6) is 3.37. The van der Waals surface area contributed by atoms with Gasteiger partial charge >= 0.3 is 0 Å². The SMILES string of the molecule is c1nc(-c2noc(C3CSCCN3)n2)cs1. The van der Waals surface area contributed by atoms with Gasteiger partial charge < -0.3 is 9.84 Å². The first-order valence-electron chi connectivity index (χ1n) is 4.97. The fourth-order valence-electron chi connectivity index (χ4n) is 1.53. The molecule has 1 aliphatic rings. The van der Waals surface area contributed by atoms with Gasteiger partial charge in [0, 0.05) is 23.4 Å². The number of hydrogen-bond donors (Lipinski definition) is 1. The van der Waals surface area contributed by atoms with Gasteiger partial charge in [-0.2, -0.15) is 16.7 Å². The molecule has 0 spiro atoms. The lowest BCUT2D eigenvalue weighted by Gasteiger charge is -2.19. The van der Waals surface area contributed by atoms with E-state index in [1.54, 1.807) is 5.51 Å². The summed E-state index contributed by atoms with van der Waals surface area (Å²) < 4.78 is 5.26. The van der Waals surface area contributed by atoms with Crippen molar-refractivity contribution in [3.8, 4) is 11.5 Å². The summed E-state index contributed by atoms with van der Waals surface area (Å²) in [4.78, 5) is 8.52. The van der Waals surface area contributed by atoms with Crippen molar-refractivity contribution in [1.29, 1.82) is 0 Å². The first-order valence-corrected chi connectivity index (χ1v) is 7.06. The lowest BCUT2D eigenvalue weighted by Crippen LogP contribution is -2.30. The largest absolute Gasteiger partial charge is 0.337 e. The third-order valence-corrected chi connectivity index (χ3v) is 3.97. The summed E-state index contributed by atoms with van der Waals surface area (Å²) in [6.45, 7) is 0.990. The average Bonchev–Trinajstić information content (AvgIpc) is 3.01. The highest BCUT2D eigenvalue weighted by atomic mass is 32.2. The molecule has 5 nitrogen and oxygen atoms in total. The first-order chi connectivity index (χ1) is 7.93. The number of thioether (sulfide) groups is 1. The van der Waals surface area contributed by atoms with Crippen molar-refractivity contribution >= 4 is 23.1 Å². The maximum atomic E-state index is 5.26. The number of aromatic nitrogens is 3. The molecule has 0 aliphatic carbocycles. The molecule has 1 aliphatic heterocycles. The van der Waals surface area contributed by atoms with Crippen molar-refractivity contribution in [2.24, 2.45) is 0 Å². The van der Waals surface area contributed by atoms with Crippen LogP contribution in [0.15, 0.2) is 15.4 Å². The van der Waals surface area contributed by atoms with Crippen LogP contribution in [0.25, 0.3) is 11.5 Å². The summed E-state index contributed by atoms with van der Waals surface area (Å²) in [5.41, 5.74) is 2.54. The second-order valence-electron chi connectivity index (χ2n) is 3.41. The molecule has 1 N–H and O–H groups in total. The van der Waals surface area contributed by atoms with Crippen molar-refractivity contribution in [2.75, 3.05) is 18.1 Å². The predicted molar refractivity (Wildman–Crippen MR) is 63.5 cm³/mol. The number of rotatable bonds is 2. The number of nitrogens with zero attached hydrogens (tertiary/aromatic N) is 3. The van der Waals surface area contributed by atoms with Crippen molar-refractivity contribution in [2.45, 2.75) is 6.04 Å². The van der Waals surface area contributed by atoms with Crippen LogP contribution in [0.1, 0.15) is 11.9 Å². The van der Waals surface area contributed by atoms with Gasteiger partial charge in [-0.3, -0.25) is 0 Å². The molecule has 2 aromatic heterocycles. The molecule has 16 heavy (non-hydrogen) atoms. The van der Waals surface area contributed by atoms with E-state index in [-0.39, 0.29) is 6.04 Å². The average molecular weight is 254 g/mol. The molecule has 0 bridgehead atoms. The number of thiazole rings is 1. The molecule has 3 rings (SSSR count). The van der Waals surface area contributed by atoms with Gasteiger partial charge in [0.2, 0.25) is 11.7 Å². The summed E-state index contributed by atoms with van der Waals surface area (Å²) in [5, 5.41) is 9.22. The Labute approximate surface area is 101 Å². The minimum atomic E-state index is 0.179. The molecular formula is C9H10N4OS2. The Bertz CT molecular complexity index is 450. The normalized spacial score (nSPS) is 21.1. The van der Waals surface area contributed by atoms with Crippen LogP contribution in [0.5, 0.6) is 0 Å². The lowest BCUT2D eigenvalue weighted by atomic mass is 10.3. The Kier molecular flexibility index (Phi) is 2.90. The summed E-state index contributed by atoms with van der Waals surface area (Å²) in [7, 11) is 0. The zero-order valence-corrected chi connectivity index (χ0v) is 10.1. The second-order valence-corrected chi connectivity index (χ2v) is 5.28. The van der Waals surface area contributed by atoms with E-state index >= 15 is 0 Å². The summed E-state index contributed by atoms with van der Waals surface area (Å²) in [6.07, 6.45) is 0. The van der Waals surface area contributed by atoms with Crippen LogP contribution in [0.3, 0.4) is 0 Å². The highest BCUT2D eigenvalue weighted by molar-refractivity contribution is 7.99. The molecular weight excluding hydrogens is 244 g/mol. The van der Waals surface area contributed by atoms with Gasteiger partial charge in [0.25, 0.3) is 0 Å². The van der Waals surface area contributed by atoms with E-state index in [2.05, 4.69) is 20.4 Å². The molecule has 2 aromatic rings. The van der Waals surface area contributed by atoms with Crippen molar-refractivity contribution in [1.82, 2.24) is 20.4 Å². The van der Waals surface area contributed by atoms with E-state index in [9.17, 15) is 0 Å². The molecule has 1 atom stereocenters. The highest BCUT2D eigenvalue weighted by Crippen LogP contribution is 2.23. The molecule has 0 radical (unpaired) electrons. The van der Waals surface area contributed by atoms with Crippen molar-refractivity contribution in [3.05, 3.63) is 16.8 Å². The van der Waals surface area contributed by atoms with E-state index in [0.717, 1.165) is 23.7 Å². The van der Waals surface area contributed by atoms with Crippen LogP contribution in [-0.4, -0.2) is 33.2 Å². The number of hydrogen-bond acceptors (Lipinski definition) is 7. The van der Waals surface area contributed by atoms with Gasteiger partial charge in [0.05, 0.1) is 11.6 Å². The fourth-order valence-corrected chi connectivity index (χ4v) is 2.98. The first kappa shape index (κ1) is 10.2. The molecule has 0 saturated carbocycles. The topological polar surface area (TPSA) is 63.8 Å². The quantitative estimate of drug-likeness (QED) is 0.877. The van der Waals surface area contributed by atoms with E-state index in [0.29, 0.717) is 11.7 Å². The third-order valence-electron chi connectivity index (χ3n) is 2.32. The van der Waals surface area contributed by atoms with Crippen LogP contribution in [0.2, 0.25) is 0 Å². The Morgan fingerprint density at radius 2 is 2.50 bits per heavy atom. The van der Waals surface area contributed by atoms with Crippen molar-refractivity contribution < 1.29 is 4.52 Å². The number of nitrogens with one attached hydrogen (secondary N) is 1. The molecule has 84 valence electrons. The van der Waals surface area contributed by atoms with Crippen LogP contribution in [-0.2, 0) is 0 Å². The second kappa shape index (κ2) is 4.52. The van der Waals surface area contributed by atoms with E-state index in [1.165, 1.54) is 11.3 Å². The summed E-state index contributed by atoms with van der Waals surface area (Å²) >= 11 is 3.43. The van der Waals surface area contributed by atoms with Gasteiger partial charge in [-0.05, 0) is 0 Å². The van der Waals surface area contributed by atoms with Crippen LogP contribution >= 0.6 is 23.1 Å². The van der Waals surface area contributed by atoms with Gasteiger partial charge in [-0.25, -0.2) is 4.98 Å². The van der Waals surface area contributed by atoms with Crippen LogP contribution in [0.4, 0.5) is 0 Å². The Hall–Kier alpha value is -0.920. The summed E-state index contributed by atoms with van der Waals surface area (Å²) in [6, 6.07) is 0.179. The Morgan fingerprint density at radius 1 is 1.50 bits per heavy atom. The Morgan fingerprint density at radius 3 is 3.25 bits per heavy atom. The van der Waals surface area contributed by atoms with Crippen LogP contribution in [0, 0.1) is 0 Å². The van der Waals surface area contributed by atoms with Gasteiger partial charge in [-0.1, -0.05) is 5.16 Å². The smallest absolute Gasteiger partial charge is 0.244 e. The predicted octanol–water partition coefficient (Wildman–Crippen LogP) is 1.57.